The van der Waals surface area contributed by atoms with Crippen LogP contribution in [0, 0.1) is 3.57 Å². The van der Waals surface area contributed by atoms with Gasteiger partial charge in [0.15, 0.2) is 0 Å². The van der Waals surface area contributed by atoms with Crippen LogP contribution in [0.25, 0.3) is 11.1 Å². The summed E-state index contributed by atoms with van der Waals surface area (Å²) in [6.07, 6.45) is -4.54. The molecule has 260 valence electrons. The largest absolute Gasteiger partial charge is 0.573 e. The van der Waals surface area contributed by atoms with Crippen LogP contribution in [0.2, 0.25) is 0 Å². The first-order valence-electron chi connectivity index (χ1n) is 15.5. The first-order chi connectivity index (χ1) is 24.0. The standard InChI is InChI=1S/C22H17F3O4.C17H17IO3/c23-22(24,25)29-20-7-2-1-6-19(20)17-8-10-18(11-9-17)28-14-16-5-3-4-15(12-16)13-21(26)27;1-2-20-17(19)11-13-4-3-5-14(10-13)12-21-16-8-6-15(18)7-9-16/h1-12H,13-14H2,(H,26,27);3-10H,2,11-12H2,1H3. The SMILES string of the molecule is CCOC(=O)Cc1cccc(COc2ccc(I)cc2)c1.O=C(O)Cc1cccc(COc2ccc(-c3ccccc3OC(F)(F)F)cc2)c1. The number of carbonyl (C=O) groups is 2. The van der Waals surface area contributed by atoms with Crippen molar-refractivity contribution in [2.45, 2.75) is 39.3 Å². The van der Waals surface area contributed by atoms with E-state index in [4.69, 9.17) is 19.3 Å². The normalized spacial score (nSPS) is 10.7. The molecule has 0 atom stereocenters. The van der Waals surface area contributed by atoms with E-state index in [1.54, 1.807) is 54.6 Å². The lowest BCUT2D eigenvalue weighted by Gasteiger charge is -2.14. The Bertz CT molecular complexity index is 1840. The quantitative estimate of drug-likeness (QED) is 0.0938. The summed E-state index contributed by atoms with van der Waals surface area (Å²) in [7, 11) is 0. The van der Waals surface area contributed by atoms with Crippen molar-refractivity contribution in [2.24, 2.45) is 0 Å². The zero-order valence-corrected chi connectivity index (χ0v) is 29.1. The number of alkyl halides is 3. The molecule has 0 spiro atoms. The second-order valence-electron chi connectivity index (χ2n) is 10.8. The Kier molecular flexibility index (Phi) is 14.1. The van der Waals surface area contributed by atoms with E-state index in [0.29, 0.717) is 42.1 Å². The van der Waals surface area contributed by atoms with Gasteiger partial charge >= 0.3 is 18.3 Å². The molecule has 50 heavy (non-hydrogen) atoms. The van der Waals surface area contributed by atoms with Gasteiger partial charge in [-0.1, -0.05) is 78.9 Å². The van der Waals surface area contributed by atoms with Crippen molar-refractivity contribution < 1.29 is 46.8 Å². The third-order valence-corrected chi connectivity index (χ3v) is 7.61. The number of benzene rings is 5. The molecule has 1 N–H and O–H groups in total. The highest BCUT2D eigenvalue weighted by molar-refractivity contribution is 14.1. The minimum atomic E-state index is -4.77. The molecule has 0 heterocycles. The van der Waals surface area contributed by atoms with Gasteiger partial charge in [0, 0.05) is 9.13 Å². The number of para-hydroxylation sites is 1. The van der Waals surface area contributed by atoms with E-state index in [9.17, 15) is 22.8 Å². The predicted octanol–water partition coefficient (Wildman–Crippen LogP) is 9.43. The minimum Gasteiger partial charge on any atom is -0.489 e. The summed E-state index contributed by atoms with van der Waals surface area (Å²) in [6, 6.07) is 35.3. The van der Waals surface area contributed by atoms with Crippen molar-refractivity contribution >= 4 is 34.5 Å². The summed E-state index contributed by atoms with van der Waals surface area (Å²) in [5.74, 6) is -0.0108. The maximum atomic E-state index is 12.6. The first kappa shape index (κ1) is 37.8. The molecule has 0 bridgehead atoms. The summed E-state index contributed by atoms with van der Waals surface area (Å²) < 4.78 is 59.4. The molecular weight excluding hydrogens is 764 g/mol. The van der Waals surface area contributed by atoms with Crippen LogP contribution in [-0.4, -0.2) is 30.0 Å². The van der Waals surface area contributed by atoms with Crippen molar-refractivity contribution in [1.82, 2.24) is 0 Å². The zero-order valence-electron chi connectivity index (χ0n) is 27.0. The number of hydrogen-bond acceptors (Lipinski definition) is 6. The predicted molar refractivity (Wildman–Crippen MR) is 191 cm³/mol. The molecular formula is C39H34F3IO7. The smallest absolute Gasteiger partial charge is 0.489 e. The highest BCUT2D eigenvalue weighted by Crippen LogP contribution is 2.34. The van der Waals surface area contributed by atoms with Gasteiger partial charge in [-0.15, -0.1) is 13.2 Å². The fraction of sp³-hybridized carbons (Fsp3) is 0.179. The van der Waals surface area contributed by atoms with Gasteiger partial charge in [0.1, 0.15) is 30.5 Å². The molecule has 0 aromatic heterocycles. The van der Waals surface area contributed by atoms with Crippen LogP contribution in [0.15, 0.2) is 121 Å². The molecule has 0 fully saturated rings. The Balaban J connectivity index is 0.000000237. The Morgan fingerprint density at radius 3 is 1.74 bits per heavy atom. The van der Waals surface area contributed by atoms with Crippen LogP contribution < -0.4 is 14.2 Å². The third-order valence-electron chi connectivity index (χ3n) is 6.89. The van der Waals surface area contributed by atoms with Gasteiger partial charge < -0.3 is 24.1 Å². The van der Waals surface area contributed by atoms with E-state index in [2.05, 4.69) is 27.3 Å². The molecule has 0 saturated heterocycles. The van der Waals surface area contributed by atoms with Gasteiger partial charge in [-0.25, -0.2) is 0 Å². The van der Waals surface area contributed by atoms with Crippen molar-refractivity contribution in [1.29, 1.82) is 0 Å². The zero-order chi connectivity index (χ0) is 35.9. The molecule has 5 aromatic rings. The molecule has 0 amide bonds. The van der Waals surface area contributed by atoms with E-state index in [0.717, 1.165) is 22.4 Å². The van der Waals surface area contributed by atoms with E-state index in [1.165, 1.54) is 15.7 Å². The summed E-state index contributed by atoms with van der Waals surface area (Å²) in [5.41, 5.74) is 4.35. The van der Waals surface area contributed by atoms with Gasteiger partial charge in [-0.3, -0.25) is 9.59 Å². The summed E-state index contributed by atoms with van der Waals surface area (Å²) >= 11 is 2.26. The first-order valence-corrected chi connectivity index (χ1v) is 16.5. The molecule has 0 radical (unpaired) electrons. The lowest BCUT2D eigenvalue weighted by molar-refractivity contribution is -0.274. The van der Waals surface area contributed by atoms with Crippen molar-refractivity contribution in [2.75, 3.05) is 6.61 Å². The summed E-state index contributed by atoms with van der Waals surface area (Å²) in [5, 5.41) is 8.87. The lowest BCUT2D eigenvalue weighted by atomic mass is 10.0. The molecule has 5 rings (SSSR count). The number of carboxylic acid groups (broad SMARTS) is 1. The van der Waals surface area contributed by atoms with Gasteiger partial charge in [0.05, 0.1) is 19.4 Å². The van der Waals surface area contributed by atoms with Gasteiger partial charge in [-0.2, -0.15) is 0 Å². The van der Waals surface area contributed by atoms with Crippen molar-refractivity contribution in [3.05, 3.63) is 147 Å². The highest BCUT2D eigenvalue weighted by atomic mass is 127. The lowest BCUT2D eigenvalue weighted by Crippen LogP contribution is -2.17. The Hall–Kier alpha value is -5.04. The number of aliphatic carboxylic acids is 1. The molecule has 0 aliphatic heterocycles. The van der Waals surface area contributed by atoms with Gasteiger partial charge in [-0.05, 0) is 99.8 Å². The van der Waals surface area contributed by atoms with Crippen molar-refractivity contribution in [3.8, 4) is 28.4 Å². The fourth-order valence-electron chi connectivity index (χ4n) is 4.73. The van der Waals surface area contributed by atoms with E-state index in [-0.39, 0.29) is 24.7 Å². The molecule has 7 nitrogen and oxygen atoms in total. The average Bonchev–Trinajstić information content (AvgIpc) is 3.07. The fourth-order valence-corrected chi connectivity index (χ4v) is 5.09. The van der Waals surface area contributed by atoms with Crippen LogP contribution in [0.4, 0.5) is 13.2 Å². The van der Waals surface area contributed by atoms with Crippen LogP contribution in [0.1, 0.15) is 29.2 Å². The van der Waals surface area contributed by atoms with Crippen LogP contribution in [0.3, 0.4) is 0 Å². The number of ether oxygens (including phenoxy) is 4. The number of hydrogen-bond donors (Lipinski definition) is 1. The third kappa shape index (κ3) is 13.1. The molecule has 11 heteroatoms. The van der Waals surface area contributed by atoms with Crippen LogP contribution >= 0.6 is 22.6 Å². The van der Waals surface area contributed by atoms with Gasteiger partial charge in [0.2, 0.25) is 0 Å². The maximum absolute atomic E-state index is 12.6. The van der Waals surface area contributed by atoms with Crippen LogP contribution in [0.5, 0.6) is 17.2 Å². The monoisotopic (exact) mass is 798 g/mol. The number of carbonyl (C=O) groups excluding carboxylic acids is 1. The van der Waals surface area contributed by atoms with E-state index < -0.39 is 12.3 Å². The molecule has 5 aromatic carbocycles. The van der Waals surface area contributed by atoms with E-state index >= 15 is 0 Å². The molecule has 0 aliphatic rings. The number of halogens is 4. The minimum absolute atomic E-state index is 0.0675. The average molecular weight is 799 g/mol. The number of esters is 1. The second-order valence-corrected chi connectivity index (χ2v) is 12.0. The Morgan fingerprint density at radius 1 is 0.680 bits per heavy atom. The second kappa shape index (κ2) is 18.6. The molecule has 0 aliphatic carbocycles. The van der Waals surface area contributed by atoms with Crippen LogP contribution in [-0.2, 0) is 40.4 Å². The Morgan fingerprint density at radius 2 is 1.20 bits per heavy atom. The number of carboxylic acids is 1. The molecule has 0 saturated carbocycles. The number of rotatable bonds is 13. The van der Waals surface area contributed by atoms with Crippen molar-refractivity contribution in [3.63, 3.8) is 0 Å². The van der Waals surface area contributed by atoms with Gasteiger partial charge in [0.25, 0.3) is 0 Å². The van der Waals surface area contributed by atoms with E-state index in [1.807, 2.05) is 61.5 Å². The summed E-state index contributed by atoms with van der Waals surface area (Å²) in [4.78, 5) is 22.3. The summed E-state index contributed by atoms with van der Waals surface area (Å²) in [6.45, 7) is 2.94. The Labute approximate surface area is 301 Å². The highest BCUT2D eigenvalue weighted by Gasteiger charge is 2.32. The molecule has 0 unspecified atom stereocenters. The topological polar surface area (TPSA) is 91.3 Å². The maximum Gasteiger partial charge on any atom is 0.573 e.